The summed E-state index contributed by atoms with van der Waals surface area (Å²) >= 11 is 2.31. The lowest BCUT2D eigenvalue weighted by molar-refractivity contribution is 0.0542. The Balaban J connectivity index is 1.82. The molecule has 76 valence electrons. The Morgan fingerprint density at radius 3 is 2.79 bits per heavy atom. The van der Waals surface area contributed by atoms with Gasteiger partial charge < -0.3 is 10.1 Å². The molecule has 3 heteroatoms. The standard InChI is InChI=1S/C11H14INO/c12-10-3-1-9(2-4-10)8-14-11-5-6-13-7-11/h1-4,11,13H,5-8H2/t11-/m1/s1. The van der Waals surface area contributed by atoms with Gasteiger partial charge in [-0.15, -0.1) is 0 Å². The molecule has 0 amide bonds. The Bertz CT molecular complexity index is 280. The van der Waals surface area contributed by atoms with E-state index in [2.05, 4.69) is 52.2 Å². The number of nitrogens with one attached hydrogen (secondary N) is 1. The lowest BCUT2D eigenvalue weighted by atomic mass is 10.2. The Kier molecular flexibility index (Phi) is 3.78. The van der Waals surface area contributed by atoms with Gasteiger partial charge in [-0.3, -0.25) is 0 Å². The van der Waals surface area contributed by atoms with Crippen LogP contribution in [0, 0.1) is 3.57 Å². The number of ether oxygens (including phenoxy) is 1. The fourth-order valence-electron chi connectivity index (χ4n) is 1.57. The highest BCUT2D eigenvalue weighted by molar-refractivity contribution is 14.1. The topological polar surface area (TPSA) is 21.3 Å². The van der Waals surface area contributed by atoms with Gasteiger partial charge in [0.1, 0.15) is 0 Å². The molecule has 0 aliphatic carbocycles. The van der Waals surface area contributed by atoms with Crippen molar-refractivity contribution in [3.63, 3.8) is 0 Å². The minimum absolute atomic E-state index is 0.411. The zero-order valence-electron chi connectivity index (χ0n) is 8.00. The first-order valence-corrected chi connectivity index (χ1v) is 5.99. The molecule has 1 aliphatic heterocycles. The van der Waals surface area contributed by atoms with Crippen molar-refractivity contribution < 1.29 is 4.74 Å². The number of hydrogen-bond donors (Lipinski definition) is 1. The third kappa shape index (κ3) is 2.93. The molecule has 1 atom stereocenters. The lowest BCUT2D eigenvalue weighted by Gasteiger charge is -2.10. The van der Waals surface area contributed by atoms with E-state index < -0.39 is 0 Å². The van der Waals surface area contributed by atoms with Crippen molar-refractivity contribution in [3.05, 3.63) is 33.4 Å². The van der Waals surface area contributed by atoms with Crippen molar-refractivity contribution in [2.24, 2.45) is 0 Å². The predicted molar refractivity (Wildman–Crippen MR) is 65.2 cm³/mol. The van der Waals surface area contributed by atoms with Gasteiger partial charge in [-0.25, -0.2) is 0 Å². The SMILES string of the molecule is Ic1ccc(CO[C@@H]2CCNC2)cc1. The van der Waals surface area contributed by atoms with Crippen LogP contribution in [0.15, 0.2) is 24.3 Å². The highest BCUT2D eigenvalue weighted by Gasteiger charge is 2.14. The first kappa shape index (κ1) is 10.4. The van der Waals surface area contributed by atoms with E-state index in [1.807, 2.05) is 0 Å². The first-order chi connectivity index (χ1) is 6.84. The molecule has 1 fully saturated rings. The summed E-state index contributed by atoms with van der Waals surface area (Å²) in [6.45, 7) is 2.84. The summed E-state index contributed by atoms with van der Waals surface area (Å²) in [5, 5.41) is 3.29. The highest BCUT2D eigenvalue weighted by atomic mass is 127. The van der Waals surface area contributed by atoms with Crippen molar-refractivity contribution in [2.75, 3.05) is 13.1 Å². The quantitative estimate of drug-likeness (QED) is 0.864. The molecule has 0 unspecified atom stereocenters. The Labute approximate surface area is 98.2 Å². The molecular formula is C11H14INO. The molecule has 1 saturated heterocycles. The average Bonchev–Trinajstić information content (AvgIpc) is 2.70. The maximum atomic E-state index is 5.76. The lowest BCUT2D eigenvalue weighted by Crippen LogP contribution is -2.16. The molecule has 1 heterocycles. The van der Waals surface area contributed by atoms with Crippen LogP contribution < -0.4 is 5.32 Å². The average molecular weight is 303 g/mol. The summed E-state index contributed by atoms with van der Waals surface area (Å²) in [6.07, 6.45) is 1.55. The van der Waals surface area contributed by atoms with Crippen LogP contribution in [0.2, 0.25) is 0 Å². The van der Waals surface area contributed by atoms with Gasteiger partial charge in [-0.05, 0) is 53.3 Å². The van der Waals surface area contributed by atoms with Crippen LogP contribution in [-0.4, -0.2) is 19.2 Å². The van der Waals surface area contributed by atoms with Crippen LogP contribution >= 0.6 is 22.6 Å². The largest absolute Gasteiger partial charge is 0.372 e. The van der Waals surface area contributed by atoms with Crippen molar-refractivity contribution >= 4 is 22.6 Å². The smallest absolute Gasteiger partial charge is 0.0721 e. The summed E-state index contributed by atoms with van der Waals surface area (Å²) in [4.78, 5) is 0. The van der Waals surface area contributed by atoms with E-state index in [1.165, 1.54) is 9.13 Å². The van der Waals surface area contributed by atoms with E-state index in [-0.39, 0.29) is 0 Å². The Morgan fingerprint density at radius 2 is 2.14 bits per heavy atom. The number of halogens is 1. The summed E-state index contributed by atoms with van der Waals surface area (Å²) < 4.78 is 7.04. The summed E-state index contributed by atoms with van der Waals surface area (Å²) in [6, 6.07) is 8.49. The maximum absolute atomic E-state index is 5.76. The number of rotatable bonds is 3. The second-order valence-electron chi connectivity index (χ2n) is 3.55. The minimum atomic E-state index is 0.411. The molecule has 0 bridgehead atoms. The van der Waals surface area contributed by atoms with Gasteiger partial charge in [-0.2, -0.15) is 0 Å². The molecule has 0 radical (unpaired) electrons. The van der Waals surface area contributed by atoms with E-state index in [9.17, 15) is 0 Å². The number of benzene rings is 1. The fourth-order valence-corrected chi connectivity index (χ4v) is 1.92. The van der Waals surface area contributed by atoms with Crippen LogP contribution in [0.3, 0.4) is 0 Å². The fraction of sp³-hybridized carbons (Fsp3) is 0.455. The molecule has 1 N–H and O–H groups in total. The zero-order valence-corrected chi connectivity index (χ0v) is 10.2. The van der Waals surface area contributed by atoms with E-state index in [0.29, 0.717) is 6.10 Å². The van der Waals surface area contributed by atoms with Crippen LogP contribution in [0.5, 0.6) is 0 Å². The molecule has 0 saturated carbocycles. The number of hydrogen-bond acceptors (Lipinski definition) is 2. The van der Waals surface area contributed by atoms with Crippen LogP contribution in [0.1, 0.15) is 12.0 Å². The Morgan fingerprint density at radius 1 is 1.36 bits per heavy atom. The van der Waals surface area contributed by atoms with Gasteiger partial charge in [0.25, 0.3) is 0 Å². The Hall–Kier alpha value is -0.130. The van der Waals surface area contributed by atoms with Gasteiger partial charge in [0.15, 0.2) is 0 Å². The van der Waals surface area contributed by atoms with E-state index in [4.69, 9.17) is 4.74 Å². The predicted octanol–water partition coefficient (Wildman–Crippen LogP) is 2.17. The van der Waals surface area contributed by atoms with E-state index in [1.54, 1.807) is 0 Å². The first-order valence-electron chi connectivity index (χ1n) is 4.91. The van der Waals surface area contributed by atoms with Crippen molar-refractivity contribution in [2.45, 2.75) is 19.1 Å². The second-order valence-corrected chi connectivity index (χ2v) is 4.80. The zero-order chi connectivity index (χ0) is 9.80. The summed E-state index contributed by atoms with van der Waals surface area (Å²) in [7, 11) is 0. The van der Waals surface area contributed by atoms with Crippen molar-refractivity contribution in [1.29, 1.82) is 0 Å². The van der Waals surface area contributed by atoms with Gasteiger partial charge in [0.2, 0.25) is 0 Å². The molecule has 2 rings (SSSR count). The molecule has 2 nitrogen and oxygen atoms in total. The summed E-state index contributed by atoms with van der Waals surface area (Å²) in [5.41, 5.74) is 1.26. The highest BCUT2D eigenvalue weighted by Crippen LogP contribution is 2.10. The molecule has 1 aliphatic rings. The normalized spacial score (nSPS) is 21.4. The van der Waals surface area contributed by atoms with Gasteiger partial charge in [-0.1, -0.05) is 12.1 Å². The van der Waals surface area contributed by atoms with Crippen molar-refractivity contribution in [3.8, 4) is 0 Å². The second kappa shape index (κ2) is 5.09. The van der Waals surface area contributed by atoms with Crippen LogP contribution in [0.25, 0.3) is 0 Å². The minimum Gasteiger partial charge on any atom is -0.372 e. The molecule has 0 aromatic heterocycles. The van der Waals surface area contributed by atoms with Gasteiger partial charge in [0.05, 0.1) is 12.7 Å². The van der Waals surface area contributed by atoms with Crippen LogP contribution in [-0.2, 0) is 11.3 Å². The molecular weight excluding hydrogens is 289 g/mol. The maximum Gasteiger partial charge on any atom is 0.0721 e. The molecule has 14 heavy (non-hydrogen) atoms. The third-order valence-electron chi connectivity index (χ3n) is 2.41. The van der Waals surface area contributed by atoms with Crippen molar-refractivity contribution in [1.82, 2.24) is 5.32 Å². The molecule has 1 aromatic rings. The molecule has 0 spiro atoms. The summed E-state index contributed by atoms with van der Waals surface area (Å²) in [5.74, 6) is 0. The van der Waals surface area contributed by atoms with Gasteiger partial charge in [0, 0.05) is 10.1 Å². The third-order valence-corrected chi connectivity index (χ3v) is 3.13. The van der Waals surface area contributed by atoms with E-state index in [0.717, 1.165) is 26.1 Å². The monoisotopic (exact) mass is 303 g/mol. The van der Waals surface area contributed by atoms with Gasteiger partial charge >= 0.3 is 0 Å². The van der Waals surface area contributed by atoms with Crippen LogP contribution in [0.4, 0.5) is 0 Å². The van der Waals surface area contributed by atoms with E-state index >= 15 is 0 Å². The molecule has 1 aromatic carbocycles.